The van der Waals surface area contributed by atoms with Crippen LogP contribution in [0, 0.1) is 0 Å². The molecule has 11 heteroatoms. The van der Waals surface area contributed by atoms with Gasteiger partial charge in [-0.25, -0.2) is 0 Å². The summed E-state index contributed by atoms with van der Waals surface area (Å²) < 4.78 is 14.1. The van der Waals surface area contributed by atoms with Gasteiger partial charge < -0.3 is 40.0 Å². The number of hydrogen-bond acceptors (Lipinski definition) is 10. The molecule has 0 aromatic heterocycles. The van der Waals surface area contributed by atoms with Gasteiger partial charge in [0.05, 0.1) is 32.0 Å². The molecule has 0 saturated heterocycles. The Morgan fingerprint density at radius 3 is 1.50 bits per heavy atom. The first-order valence-electron chi connectivity index (χ1n) is 13.9. The minimum atomic E-state index is -0.819. The number of rotatable bonds is 20. The number of hydrogen-bond donors (Lipinski definition) is 5. The van der Waals surface area contributed by atoms with Crippen LogP contribution in [0.25, 0.3) is 0 Å². The van der Waals surface area contributed by atoms with E-state index < -0.39 is 36.7 Å². The monoisotopic (exact) mass is 563 g/mol. The third-order valence-electron chi connectivity index (χ3n) is 4.76. The Labute approximate surface area is 253 Å². The standard InChI is InChI=1S/C15H29NO3.2C6H14O3.Na.H/c1-3-4-5-6-7-8-9-10-11-12-14(17)19-15(18)13-16-2;1-5(7)3-9-4-6(2)8;1-3-5(7)9-6(8)4-2;;/h16H,3-13H2,1-2H3;2*5-8H,3-4H2,1-2H3;;. The predicted molar refractivity (Wildman–Crippen MR) is 152 cm³/mol. The van der Waals surface area contributed by atoms with Gasteiger partial charge in [-0.1, -0.05) is 72.1 Å². The van der Waals surface area contributed by atoms with Gasteiger partial charge in [-0.3, -0.25) is 9.59 Å². The average molecular weight is 564 g/mol. The summed E-state index contributed by atoms with van der Waals surface area (Å²) in [6, 6.07) is 0. The summed E-state index contributed by atoms with van der Waals surface area (Å²) in [7, 11) is 1.65. The fourth-order valence-corrected chi connectivity index (χ4v) is 2.72. The number of esters is 2. The van der Waals surface area contributed by atoms with Crippen molar-refractivity contribution < 1.29 is 44.2 Å². The number of likely N-dealkylation sites (N-methyl/N-ethyl adjacent to an activating group) is 1. The summed E-state index contributed by atoms with van der Waals surface area (Å²) in [6.07, 6.45) is 9.73. The van der Waals surface area contributed by atoms with Crippen molar-refractivity contribution in [2.24, 2.45) is 0 Å². The van der Waals surface area contributed by atoms with Crippen molar-refractivity contribution in [3.8, 4) is 0 Å². The second-order valence-corrected chi connectivity index (χ2v) is 9.05. The summed E-state index contributed by atoms with van der Waals surface area (Å²) in [5.74, 6) is -0.897. The molecular weight excluding hydrogens is 505 g/mol. The van der Waals surface area contributed by atoms with Crippen LogP contribution in [0.15, 0.2) is 0 Å². The maximum atomic E-state index is 11.3. The molecule has 0 rings (SSSR count). The van der Waals surface area contributed by atoms with E-state index >= 15 is 0 Å². The fourth-order valence-electron chi connectivity index (χ4n) is 2.72. The quantitative estimate of drug-likeness (QED) is 0.0491. The van der Waals surface area contributed by atoms with Crippen LogP contribution >= 0.6 is 0 Å². The zero-order valence-electron chi connectivity index (χ0n) is 24.2. The van der Waals surface area contributed by atoms with Gasteiger partial charge in [0.25, 0.3) is 0 Å². The van der Waals surface area contributed by atoms with Crippen molar-refractivity contribution in [2.45, 2.75) is 136 Å². The molecule has 38 heavy (non-hydrogen) atoms. The second-order valence-electron chi connectivity index (χ2n) is 9.05. The Morgan fingerprint density at radius 1 is 0.711 bits per heavy atom. The van der Waals surface area contributed by atoms with Crippen molar-refractivity contribution in [2.75, 3.05) is 26.8 Å². The van der Waals surface area contributed by atoms with Gasteiger partial charge in [-0.05, 0) is 40.2 Å². The van der Waals surface area contributed by atoms with Crippen LogP contribution in [-0.2, 0) is 23.8 Å². The molecule has 10 nitrogen and oxygen atoms in total. The Kier molecular flexibility index (Phi) is 41.2. The molecule has 4 atom stereocenters. The molecule has 0 aliphatic rings. The van der Waals surface area contributed by atoms with E-state index in [0.29, 0.717) is 32.5 Å². The molecular formula is C27H58NNaO9. The van der Waals surface area contributed by atoms with Gasteiger partial charge >= 0.3 is 41.5 Å². The molecule has 0 spiro atoms. The van der Waals surface area contributed by atoms with Crippen molar-refractivity contribution >= 4 is 41.5 Å². The molecule has 0 aromatic rings. The Morgan fingerprint density at radius 2 is 1.13 bits per heavy atom. The van der Waals surface area contributed by atoms with Crippen LogP contribution in [0.1, 0.15) is 112 Å². The van der Waals surface area contributed by atoms with Crippen LogP contribution in [0.3, 0.4) is 0 Å². The van der Waals surface area contributed by atoms with Gasteiger partial charge in [-0.15, -0.1) is 0 Å². The summed E-state index contributed by atoms with van der Waals surface area (Å²) in [5.41, 5.74) is 0. The zero-order chi connectivity index (χ0) is 28.9. The van der Waals surface area contributed by atoms with E-state index in [9.17, 15) is 9.59 Å². The van der Waals surface area contributed by atoms with Crippen LogP contribution in [0.5, 0.6) is 0 Å². The van der Waals surface area contributed by atoms with E-state index in [1.807, 2.05) is 0 Å². The molecule has 4 unspecified atom stereocenters. The van der Waals surface area contributed by atoms with Crippen LogP contribution in [0.4, 0.5) is 0 Å². The van der Waals surface area contributed by atoms with Gasteiger partial charge in [0, 0.05) is 6.42 Å². The molecule has 0 saturated carbocycles. The Hall–Kier alpha value is -0.140. The van der Waals surface area contributed by atoms with Crippen LogP contribution in [-0.4, -0.2) is 114 Å². The molecule has 0 bridgehead atoms. The minimum absolute atomic E-state index is 0. The second kappa shape index (κ2) is 34.9. The van der Waals surface area contributed by atoms with Gasteiger partial charge in [-0.2, -0.15) is 0 Å². The van der Waals surface area contributed by atoms with Crippen LogP contribution < -0.4 is 5.32 Å². The fraction of sp³-hybridized carbons (Fsp3) is 0.926. The zero-order valence-corrected chi connectivity index (χ0v) is 24.2. The first-order valence-corrected chi connectivity index (χ1v) is 13.9. The number of aliphatic hydroxyl groups is 4. The van der Waals surface area contributed by atoms with Gasteiger partial charge in [0.1, 0.15) is 0 Å². The normalized spacial score (nSPS) is 13.4. The molecule has 0 aliphatic carbocycles. The summed E-state index contributed by atoms with van der Waals surface area (Å²) in [6.45, 7) is 9.75. The molecule has 0 amide bonds. The topological polar surface area (TPSA) is 155 Å². The van der Waals surface area contributed by atoms with Gasteiger partial charge in [0.2, 0.25) is 0 Å². The maximum absolute atomic E-state index is 11.3. The number of carbonyl (C=O) groups excluding carboxylic acids is 2. The predicted octanol–water partition coefficient (Wildman–Crippen LogP) is 2.77. The van der Waals surface area contributed by atoms with Crippen molar-refractivity contribution in [1.82, 2.24) is 5.32 Å². The summed E-state index contributed by atoms with van der Waals surface area (Å²) in [4.78, 5) is 22.3. The van der Waals surface area contributed by atoms with Crippen molar-refractivity contribution in [1.29, 1.82) is 0 Å². The third kappa shape index (κ3) is 42.9. The van der Waals surface area contributed by atoms with E-state index in [1.54, 1.807) is 34.7 Å². The third-order valence-corrected chi connectivity index (χ3v) is 4.76. The Bertz CT molecular complexity index is 481. The summed E-state index contributed by atoms with van der Waals surface area (Å²) >= 11 is 0. The van der Waals surface area contributed by atoms with E-state index in [1.165, 1.54) is 44.9 Å². The number of aliphatic hydroxyl groups excluding tert-OH is 4. The number of unbranched alkanes of at least 4 members (excludes halogenated alkanes) is 8. The van der Waals surface area contributed by atoms with E-state index in [4.69, 9.17) is 25.2 Å². The average Bonchev–Trinajstić information content (AvgIpc) is 2.83. The van der Waals surface area contributed by atoms with E-state index in [2.05, 4.69) is 21.7 Å². The van der Waals surface area contributed by atoms with Crippen LogP contribution in [0.2, 0.25) is 0 Å². The molecule has 226 valence electrons. The first-order chi connectivity index (χ1) is 17.5. The molecule has 0 aliphatic heterocycles. The van der Waals surface area contributed by atoms with Gasteiger partial charge in [0.15, 0.2) is 12.6 Å². The first kappa shape index (κ1) is 44.9. The van der Waals surface area contributed by atoms with Crippen molar-refractivity contribution in [3.63, 3.8) is 0 Å². The molecule has 0 heterocycles. The number of carbonyl (C=O) groups is 2. The van der Waals surface area contributed by atoms with Crippen molar-refractivity contribution in [3.05, 3.63) is 0 Å². The summed E-state index contributed by atoms with van der Waals surface area (Å²) in [5, 5.41) is 37.5. The molecule has 0 radical (unpaired) electrons. The van der Waals surface area contributed by atoms with E-state index in [-0.39, 0.29) is 36.1 Å². The Balaban J connectivity index is -0.000000255. The molecule has 0 fully saturated rings. The number of ether oxygens (including phenoxy) is 3. The number of nitrogens with one attached hydrogen (secondary N) is 1. The van der Waals surface area contributed by atoms with E-state index in [0.717, 1.165) is 12.8 Å². The molecule has 5 N–H and O–H groups in total. The SMILES string of the molecule is CC(O)COCC(C)O.CCC(O)OC(O)CC.CCCCCCCCCCCC(=O)OC(=O)CNC.[NaH]. The molecule has 0 aromatic carbocycles.